The maximum absolute atomic E-state index is 12.0. The topological polar surface area (TPSA) is 33.2 Å². The predicted octanol–water partition coefficient (Wildman–Crippen LogP) is 3.26. The lowest BCUT2D eigenvalue weighted by atomic mass is 10.1. The van der Waals surface area contributed by atoms with Crippen molar-refractivity contribution < 1.29 is 4.79 Å². The van der Waals surface area contributed by atoms with Crippen molar-refractivity contribution in [1.82, 2.24) is 9.88 Å². The van der Waals surface area contributed by atoms with E-state index >= 15 is 0 Å². The zero-order valence-corrected chi connectivity index (χ0v) is 12.9. The van der Waals surface area contributed by atoms with Gasteiger partial charge in [0, 0.05) is 19.3 Å². The molecule has 0 saturated carbocycles. The predicted molar refractivity (Wildman–Crippen MR) is 77.8 cm³/mol. The molecule has 0 bridgehead atoms. The summed E-state index contributed by atoms with van der Waals surface area (Å²) in [4.78, 5) is 18.3. The van der Waals surface area contributed by atoms with Crippen molar-refractivity contribution >= 4 is 33.6 Å². The number of amides is 1. The largest absolute Gasteiger partial charge is 0.342 e. The zero-order chi connectivity index (χ0) is 13.0. The summed E-state index contributed by atoms with van der Waals surface area (Å²) in [5.74, 6) is 0.711. The molecule has 1 aliphatic rings. The molecule has 98 valence electrons. The van der Waals surface area contributed by atoms with Gasteiger partial charge in [-0.2, -0.15) is 0 Å². The Morgan fingerprint density at radius 2 is 2.17 bits per heavy atom. The van der Waals surface area contributed by atoms with E-state index in [4.69, 9.17) is 0 Å². The summed E-state index contributed by atoms with van der Waals surface area (Å²) in [5.41, 5.74) is 1.12. The van der Waals surface area contributed by atoms with E-state index in [1.807, 2.05) is 24.1 Å². The fourth-order valence-corrected chi connectivity index (χ4v) is 3.57. The second-order valence-electron chi connectivity index (χ2n) is 4.53. The molecule has 1 fully saturated rings. The van der Waals surface area contributed by atoms with Crippen LogP contribution in [0.1, 0.15) is 24.8 Å². The van der Waals surface area contributed by atoms with Gasteiger partial charge in [0.15, 0.2) is 0 Å². The third-order valence-corrected chi connectivity index (χ3v) is 4.84. The Morgan fingerprint density at radius 3 is 2.83 bits per heavy atom. The van der Waals surface area contributed by atoms with Crippen molar-refractivity contribution in [2.45, 2.75) is 31.2 Å². The van der Waals surface area contributed by atoms with E-state index in [0.29, 0.717) is 5.75 Å². The lowest BCUT2D eigenvalue weighted by Crippen LogP contribution is -2.36. The average molecular weight is 329 g/mol. The highest BCUT2D eigenvalue weighted by atomic mass is 79.9. The van der Waals surface area contributed by atoms with E-state index in [9.17, 15) is 4.79 Å². The van der Waals surface area contributed by atoms with Gasteiger partial charge >= 0.3 is 0 Å². The number of hydrogen-bond acceptors (Lipinski definition) is 3. The van der Waals surface area contributed by atoms with Gasteiger partial charge in [-0.25, -0.2) is 4.98 Å². The quantitative estimate of drug-likeness (QED) is 0.798. The number of aromatic nitrogens is 1. The molecule has 1 saturated heterocycles. The number of carbonyl (C=O) groups is 1. The molecular formula is C13H17BrN2OS. The van der Waals surface area contributed by atoms with Crippen LogP contribution in [0.15, 0.2) is 21.8 Å². The van der Waals surface area contributed by atoms with Gasteiger partial charge in [-0.3, -0.25) is 4.79 Å². The van der Waals surface area contributed by atoms with Crippen molar-refractivity contribution in [2.75, 3.05) is 18.8 Å². The molecule has 2 rings (SSSR count). The Bertz CT molecular complexity index is 433. The van der Waals surface area contributed by atoms with Gasteiger partial charge < -0.3 is 4.90 Å². The molecule has 1 aliphatic heterocycles. The van der Waals surface area contributed by atoms with Crippen LogP contribution in [0.25, 0.3) is 0 Å². The summed E-state index contributed by atoms with van der Waals surface area (Å²) in [6.45, 7) is 3.84. The Balaban J connectivity index is 1.88. The molecule has 1 aromatic rings. The van der Waals surface area contributed by atoms with Gasteiger partial charge in [0.2, 0.25) is 5.91 Å². The first-order valence-corrected chi connectivity index (χ1v) is 7.97. The van der Waals surface area contributed by atoms with Crippen molar-refractivity contribution in [3.63, 3.8) is 0 Å². The molecule has 5 heteroatoms. The Kier molecular flexibility index (Phi) is 5.06. The fourth-order valence-electron chi connectivity index (χ4n) is 1.99. The van der Waals surface area contributed by atoms with E-state index < -0.39 is 0 Å². The number of thioether (sulfide) groups is 1. The highest BCUT2D eigenvalue weighted by Crippen LogP contribution is 2.26. The maximum atomic E-state index is 12.0. The van der Waals surface area contributed by atoms with Gasteiger partial charge in [-0.1, -0.05) is 11.8 Å². The minimum absolute atomic E-state index is 0.231. The number of piperidine rings is 1. The van der Waals surface area contributed by atoms with Crippen molar-refractivity contribution in [2.24, 2.45) is 0 Å². The lowest BCUT2D eigenvalue weighted by molar-refractivity contribution is -0.129. The number of carbonyl (C=O) groups excluding carboxylic acids is 1. The molecule has 18 heavy (non-hydrogen) atoms. The van der Waals surface area contributed by atoms with Crippen LogP contribution in [0.2, 0.25) is 0 Å². The van der Waals surface area contributed by atoms with Crippen LogP contribution in [-0.2, 0) is 4.79 Å². The van der Waals surface area contributed by atoms with Crippen LogP contribution >= 0.6 is 27.7 Å². The van der Waals surface area contributed by atoms with Crippen LogP contribution in [0, 0.1) is 6.92 Å². The Labute approximate surface area is 120 Å². The molecule has 0 unspecified atom stereocenters. The van der Waals surface area contributed by atoms with E-state index in [-0.39, 0.29) is 5.91 Å². The molecular weight excluding hydrogens is 312 g/mol. The number of nitrogens with zero attached hydrogens (tertiary/aromatic N) is 2. The van der Waals surface area contributed by atoms with E-state index in [2.05, 4.69) is 20.9 Å². The highest BCUT2D eigenvalue weighted by Gasteiger charge is 2.17. The molecule has 0 N–H and O–H groups in total. The summed E-state index contributed by atoms with van der Waals surface area (Å²) in [6.07, 6.45) is 5.37. The van der Waals surface area contributed by atoms with Gasteiger partial charge in [-0.15, -0.1) is 0 Å². The molecule has 1 aromatic heterocycles. The highest BCUT2D eigenvalue weighted by molar-refractivity contribution is 9.10. The molecule has 3 nitrogen and oxygen atoms in total. The number of hydrogen-bond donors (Lipinski definition) is 0. The van der Waals surface area contributed by atoms with Gasteiger partial charge in [-0.05, 0) is 53.7 Å². The molecule has 0 aromatic carbocycles. The van der Waals surface area contributed by atoms with Crippen molar-refractivity contribution in [3.8, 4) is 0 Å². The number of aryl methyl sites for hydroxylation is 1. The lowest BCUT2D eigenvalue weighted by Gasteiger charge is -2.26. The third kappa shape index (κ3) is 3.72. The molecule has 0 radical (unpaired) electrons. The number of rotatable bonds is 3. The van der Waals surface area contributed by atoms with Gasteiger partial charge in [0.05, 0.1) is 10.2 Å². The molecule has 0 atom stereocenters. The smallest absolute Gasteiger partial charge is 0.232 e. The van der Waals surface area contributed by atoms with E-state index in [0.717, 1.165) is 41.0 Å². The van der Waals surface area contributed by atoms with Crippen LogP contribution in [-0.4, -0.2) is 34.6 Å². The second-order valence-corrected chi connectivity index (χ2v) is 6.35. The number of halogens is 1. The molecule has 1 amide bonds. The minimum atomic E-state index is 0.231. The SMILES string of the molecule is Cc1cnc(SCC(=O)N2CCCCC2)c(Br)c1. The number of likely N-dealkylation sites (tertiary alicyclic amines) is 1. The maximum Gasteiger partial charge on any atom is 0.232 e. The van der Waals surface area contributed by atoms with Crippen LogP contribution in [0.3, 0.4) is 0 Å². The summed E-state index contributed by atoms with van der Waals surface area (Å²) in [7, 11) is 0. The Hall–Kier alpha value is -0.550. The zero-order valence-electron chi connectivity index (χ0n) is 10.5. The normalized spacial score (nSPS) is 15.8. The van der Waals surface area contributed by atoms with Gasteiger partial charge in [0.25, 0.3) is 0 Å². The monoisotopic (exact) mass is 328 g/mol. The summed E-state index contributed by atoms with van der Waals surface area (Å²) in [5, 5.41) is 0.894. The molecule has 0 aliphatic carbocycles. The fraction of sp³-hybridized carbons (Fsp3) is 0.538. The first-order valence-electron chi connectivity index (χ1n) is 6.19. The first-order chi connectivity index (χ1) is 8.66. The first kappa shape index (κ1) is 13.9. The van der Waals surface area contributed by atoms with Crippen molar-refractivity contribution in [1.29, 1.82) is 0 Å². The molecule has 2 heterocycles. The molecule has 0 spiro atoms. The summed E-state index contributed by atoms with van der Waals surface area (Å²) in [6, 6.07) is 2.03. The van der Waals surface area contributed by atoms with Crippen LogP contribution in [0.5, 0.6) is 0 Å². The Morgan fingerprint density at radius 1 is 1.44 bits per heavy atom. The van der Waals surface area contributed by atoms with Crippen LogP contribution in [0.4, 0.5) is 0 Å². The van der Waals surface area contributed by atoms with Crippen LogP contribution < -0.4 is 0 Å². The van der Waals surface area contributed by atoms with E-state index in [1.54, 1.807) is 0 Å². The second kappa shape index (κ2) is 6.57. The number of pyridine rings is 1. The average Bonchev–Trinajstić information content (AvgIpc) is 2.38. The summed E-state index contributed by atoms with van der Waals surface area (Å²) >= 11 is 4.99. The standard InChI is InChI=1S/C13H17BrN2OS/c1-10-7-11(14)13(15-8-10)18-9-12(17)16-5-3-2-4-6-16/h7-8H,2-6,9H2,1H3. The minimum Gasteiger partial charge on any atom is -0.342 e. The third-order valence-electron chi connectivity index (χ3n) is 2.99. The van der Waals surface area contributed by atoms with Gasteiger partial charge in [0.1, 0.15) is 5.03 Å². The summed E-state index contributed by atoms with van der Waals surface area (Å²) < 4.78 is 0.971. The van der Waals surface area contributed by atoms with E-state index in [1.165, 1.54) is 18.2 Å². The van der Waals surface area contributed by atoms with Crippen molar-refractivity contribution in [3.05, 3.63) is 22.3 Å².